The number of pyridine rings is 1. The maximum Gasteiger partial charge on any atom is 0.230 e. The molecule has 2 saturated heterocycles. The maximum atomic E-state index is 12.5. The molecule has 5 nitrogen and oxygen atoms in total. The lowest BCUT2D eigenvalue weighted by atomic mass is 9.78. The van der Waals surface area contributed by atoms with Gasteiger partial charge in [-0.05, 0) is 31.4 Å². The Morgan fingerprint density at radius 2 is 2.20 bits per heavy atom. The topological polar surface area (TPSA) is 60.2 Å². The first-order valence-electron chi connectivity index (χ1n) is 7.01. The fourth-order valence-corrected chi connectivity index (χ4v) is 3.35. The molecule has 1 aromatic rings. The molecule has 0 bridgehead atoms. The summed E-state index contributed by atoms with van der Waals surface area (Å²) in [5.74, 6) is 1.14. The zero-order valence-electron chi connectivity index (χ0n) is 11.7. The summed E-state index contributed by atoms with van der Waals surface area (Å²) in [6.07, 6.45) is 4.55. The van der Waals surface area contributed by atoms with Crippen molar-refractivity contribution in [3.05, 3.63) is 23.9 Å². The second-order valence-corrected chi connectivity index (χ2v) is 5.80. The van der Waals surface area contributed by atoms with Crippen LogP contribution in [0.15, 0.2) is 18.3 Å². The smallest absolute Gasteiger partial charge is 0.230 e. The summed E-state index contributed by atoms with van der Waals surface area (Å²) in [6.45, 7) is 2.48. The summed E-state index contributed by atoms with van der Waals surface area (Å²) in [6, 6.07) is 5.72. The minimum atomic E-state index is -0.220. The summed E-state index contributed by atoms with van der Waals surface area (Å²) in [4.78, 5) is 20.8. The lowest BCUT2D eigenvalue weighted by Crippen LogP contribution is -2.48. The van der Waals surface area contributed by atoms with Crippen LogP contribution in [0.5, 0.6) is 0 Å². The molecule has 2 aliphatic rings. The SMILES string of the molecule is CN1CCCC2(CCN(c3ccc(C#N)cn3)C2)C1=O. The lowest BCUT2D eigenvalue weighted by Gasteiger charge is -2.37. The lowest BCUT2D eigenvalue weighted by molar-refractivity contribution is -0.143. The van der Waals surface area contributed by atoms with Crippen molar-refractivity contribution >= 4 is 11.7 Å². The number of piperidine rings is 1. The van der Waals surface area contributed by atoms with Crippen LogP contribution in [0.2, 0.25) is 0 Å². The monoisotopic (exact) mass is 270 g/mol. The third-order valence-corrected chi connectivity index (χ3v) is 4.50. The van der Waals surface area contributed by atoms with Crippen LogP contribution in [0.4, 0.5) is 5.82 Å². The van der Waals surface area contributed by atoms with Gasteiger partial charge in [-0.2, -0.15) is 5.26 Å². The highest BCUT2D eigenvalue weighted by Crippen LogP contribution is 2.40. The number of aromatic nitrogens is 1. The number of rotatable bonds is 1. The van der Waals surface area contributed by atoms with E-state index in [2.05, 4.69) is 16.0 Å². The van der Waals surface area contributed by atoms with Crippen molar-refractivity contribution in [2.45, 2.75) is 19.3 Å². The second-order valence-electron chi connectivity index (χ2n) is 5.80. The zero-order chi connectivity index (χ0) is 14.2. The molecule has 1 amide bonds. The Bertz CT molecular complexity index is 562. The molecule has 0 N–H and O–H groups in total. The predicted molar refractivity (Wildman–Crippen MR) is 75.1 cm³/mol. The number of anilines is 1. The fraction of sp³-hybridized carbons (Fsp3) is 0.533. The Morgan fingerprint density at radius 3 is 2.90 bits per heavy atom. The van der Waals surface area contributed by atoms with Gasteiger partial charge < -0.3 is 9.80 Å². The van der Waals surface area contributed by atoms with Crippen molar-refractivity contribution in [2.75, 3.05) is 31.6 Å². The molecule has 5 heteroatoms. The van der Waals surface area contributed by atoms with Crippen LogP contribution in [0, 0.1) is 16.7 Å². The van der Waals surface area contributed by atoms with Crippen molar-refractivity contribution in [2.24, 2.45) is 5.41 Å². The van der Waals surface area contributed by atoms with Crippen LogP contribution >= 0.6 is 0 Å². The van der Waals surface area contributed by atoms with Gasteiger partial charge in [0, 0.05) is 32.9 Å². The standard InChI is InChI=1S/C15H18N4O/c1-18-7-2-5-15(14(18)20)6-8-19(11-15)13-4-3-12(9-16)10-17-13/h3-4,10H,2,5-8,11H2,1H3. The van der Waals surface area contributed by atoms with Gasteiger partial charge in [-0.3, -0.25) is 4.79 Å². The molecule has 0 aromatic carbocycles. The first-order valence-corrected chi connectivity index (χ1v) is 7.01. The zero-order valence-corrected chi connectivity index (χ0v) is 11.7. The summed E-state index contributed by atoms with van der Waals surface area (Å²) < 4.78 is 0. The number of likely N-dealkylation sites (tertiary alicyclic amines) is 1. The number of carbonyl (C=O) groups excluding carboxylic acids is 1. The average Bonchev–Trinajstić information content (AvgIpc) is 2.90. The van der Waals surface area contributed by atoms with Crippen molar-refractivity contribution in [1.29, 1.82) is 5.26 Å². The third kappa shape index (κ3) is 2.01. The van der Waals surface area contributed by atoms with Gasteiger partial charge in [0.05, 0.1) is 11.0 Å². The second kappa shape index (κ2) is 4.78. The van der Waals surface area contributed by atoms with Gasteiger partial charge in [0.15, 0.2) is 0 Å². The third-order valence-electron chi connectivity index (χ3n) is 4.50. The van der Waals surface area contributed by atoms with Crippen LogP contribution in [-0.4, -0.2) is 42.5 Å². The first-order chi connectivity index (χ1) is 9.64. The molecule has 0 aliphatic carbocycles. The molecule has 1 atom stereocenters. The van der Waals surface area contributed by atoms with Crippen molar-refractivity contribution in [3.8, 4) is 6.07 Å². The van der Waals surface area contributed by atoms with Crippen LogP contribution in [0.25, 0.3) is 0 Å². The molecule has 0 radical (unpaired) electrons. The normalized spacial score (nSPS) is 26.1. The van der Waals surface area contributed by atoms with Gasteiger partial charge in [-0.15, -0.1) is 0 Å². The Hall–Kier alpha value is -2.09. The highest BCUT2D eigenvalue weighted by molar-refractivity contribution is 5.84. The largest absolute Gasteiger partial charge is 0.356 e. The highest BCUT2D eigenvalue weighted by atomic mass is 16.2. The maximum absolute atomic E-state index is 12.5. The van der Waals surface area contributed by atoms with Gasteiger partial charge in [-0.25, -0.2) is 4.98 Å². The fourth-order valence-electron chi connectivity index (χ4n) is 3.35. The summed E-state index contributed by atoms with van der Waals surface area (Å²) >= 11 is 0. The molecule has 3 rings (SSSR count). The van der Waals surface area contributed by atoms with E-state index in [1.54, 1.807) is 12.3 Å². The van der Waals surface area contributed by atoms with Crippen molar-refractivity contribution in [1.82, 2.24) is 9.88 Å². The van der Waals surface area contributed by atoms with E-state index in [4.69, 9.17) is 5.26 Å². The minimum Gasteiger partial charge on any atom is -0.356 e. The van der Waals surface area contributed by atoms with E-state index in [1.165, 1.54) is 0 Å². The van der Waals surface area contributed by atoms with Crippen molar-refractivity contribution < 1.29 is 4.79 Å². The molecule has 1 spiro atoms. The number of carbonyl (C=O) groups is 1. The van der Waals surface area contributed by atoms with E-state index in [1.807, 2.05) is 18.0 Å². The Balaban J connectivity index is 1.79. The number of nitrogens with zero attached hydrogens (tertiary/aromatic N) is 4. The predicted octanol–water partition coefficient (Wildman–Crippen LogP) is 1.40. The highest BCUT2D eigenvalue weighted by Gasteiger charge is 2.47. The van der Waals surface area contributed by atoms with Gasteiger partial charge in [0.25, 0.3) is 0 Å². The quantitative estimate of drug-likeness (QED) is 0.774. The molecule has 104 valence electrons. The molecular formula is C15H18N4O. The Morgan fingerprint density at radius 1 is 1.35 bits per heavy atom. The van der Waals surface area contributed by atoms with Gasteiger partial charge >= 0.3 is 0 Å². The number of nitriles is 1. The molecule has 2 aliphatic heterocycles. The van der Waals surface area contributed by atoms with Crippen molar-refractivity contribution in [3.63, 3.8) is 0 Å². The van der Waals surface area contributed by atoms with Crippen LogP contribution < -0.4 is 4.90 Å². The molecule has 0 saturated carbocycles. The van der Waals surface area contributed by atoms with Gasteiger partial charge in [0.2, 0.25) is 5.91 Å². The van der Waals surface area contributed by atoms with Gasteiger partial charge in [-0.1, -0.05) is 0 Å². The van der Waals surface area contributed by atoms with E-state index >= 15 is 0 Å². The molecule has 3 heterocycles. The molecule has 1 aromatic heterocycles. The van der Waals surface area contributed by atoms with E-state index in [9.17, 15) is 4.79 Å². The van der Waals surface area contributed by atoms with E-state index < -0.39 is 0 Å². The summed E-state index contributed by atoms with van der Waals surface area (Å²) in [7, 11) is 1.89. The number of hydrogen-bond donors (Lipinski definition) is 0. The van der Waals surface area contributed by atoms with Crippen LogP contribution in [0.1, 0.15) is 24.8 Å². The van der Waals surface area contributed by atoms with Crippen LogP contribution in [0.3, 0.4) is 0 Å². The number of hydrogen-bond acceptors (Lipinski definition) is 4. The molecule has 20 heavy (non-hydrogen) atoms. The Labute approximate surface area is 118 Å². The molecule has 1 unspecified atom stereocenters. The van der Waals surface area contributed by atoms with E-state index in [-0.39, 0.29) is 11.3 Å². The minimum absolute atomic E-state index is 0.220. The van der Waals surface area contributed by atoms with Crippen LogP contribution in [-0.2, 0) is 4.79 Å². The van der Waals surface area contributed by atoms with E-state index in [0.717, 1.165) is 44.7 Å². The van der Waals surface area contributed by atoms with Gasteiger partial charge in [0.1, 0.15) is 11.9 Å². The average molecular weight is 270 g/mol. The molecule has 2 fully saturated rings. The first kappa shape index (κ1) is 12.9. The molecular weight excluding hydrogens is 252 g/mol. The van der Waals surface area contributed by atoms with E-state index in [0.29, 0.717) is 5.56 Å². The Kier molecular flexibility index (Phi) is 3.09. The number of amides is 1. The summed E-state index contributed by atoms with van der Waals surface area (Å²) in [5.41, 5.74) is 0.346. The summed E-state index contributed by atoms with van der Waals surface area (Å²) in [5, 5.41) is 8.80.